The molecule has 0 spiro atoms. The van der Waals surface area contributed by atoms with Crippen LogP contribution in [0.4, 0.5) is 14.5 Å². The van der Waals surface area contributed by atoms with Crippen LogP contribution in [0, 0.1) is 24.5 Å². The van der Waals surface area contributed by atoms with Gasteiger partial charge in [-0.15, -0.1) is 0 Å². The zero-order valence-corrected chi connectivity index (χ0v) is 17.6. The molecule has 2 aliphatic rings. The molecule has 0 aliphatic carbocycles. The van der Waals surface area contributed by atoms with Crippen LogP contribution in [0.3, 0.4) is 0 Å². The zero-order chi connectivity index (χ0) is 22.0. The van der Waals surface area contributed by atoms with E-state index >= 15 is 0 Å². The molecule has 0 aromatic heterocycles. The SMILES string of the molecule is Cc1ccccc1CN1CCC(NC(=O)C2CC(=O)N(c3cc(F)cc(F)c3)C2)CC1. The quantitative estimate of drug-likeness (QED) is 0.796. The molecule has 2 fully saturated rings. The second kappa shape index (κ2) is 9.14. The molecule has 5 nitrogen and oxygen atoms in total. The van der Waals surface area contributed by atoms with Gasteiger partial charge in [0.2, 0.25) is 11.8 Å². The highest BCUT2D eigenvalue weighted by molar-refractivity contribution is 6.00. The van der Waals surface area contributed by atoms with E-state index in [-0.39, 0.29) is 36.5 Å². The number of hydrogen-bond acceptors (Lipinski definition) is 3. The van der Waals surface area contributed by atoms with Crippen LogP contribution < -0.4 is 10.2 Å². The van der Waals surface area contributed by atoms with Crippen molar-refractivity contribution >= 4 is 17.5 Å². The minimum absolute atomic E-state index is 0.0517. The average Bonchev–Trinajstić information content (AvgIpc) is 3.12. The Labute approximate surface area is 181 Å². The van der Waals surface area contributed by atoms with E-state index in [1.54, 1.807) is 0 Å². The van der Waals surface area contributed by atoms with Gasteiger partial charge in [0.15, 0.2) is 0 Å². The first-order chi connectivity index (χ1) is 14.9. The van der Waals surface area contributed by atoms with Crippen LogP contribution in [-0.2, 0) is 16.1 Å². The minimum atomic E-state index is -0.742. The van der Waals surface area contributed by atoms with Crippen molar-refractivity contribution in [2.75, 3.05) is 24.5 Å². The maximum atomic E-state index is 13.5. The summed E-state index contributed by atoms with van der Waals surface area (Å²) >= 11 is 0. The fraction of sp³-hybridized carbons (Fsp3) is 0.417. The Bertz CT molecular complexity index is 953. The van der Waals surface area contributed by atoms with Crippen molar-refractivity contribution in [2.24, 2.45) is 5.92 Å². The molecule has 2 amide bonds. The summed E-state index contributed by atoms with van der Waals surface area (Å²) in [4.78, 5) is 28.8. The standard InChI is InChI=1S/C24H27F2N3O2/c1-16-4-2-3-5-17(16)14-28-8-6-21(7-9-28)27-24(31)18-10-23(30)29(15-18)22-12-19(25)11-20(26)13-22/h2-5,11-13,18,21H,6-10,14-15H2,1H3,(H,27,31). The number of aryl methyl sites for hydroxylation is 1. The van der Waals surface area contributed by atoms with Crippen molar-refractivity contribution in [1.29, 1.82) is 0 Å². The van der Waals surface area contributed by atoms with Gasteiger partial charge >= 0.3 is 0 Å². The van der Waals surface area contributed by atoms with Crippen molar-refractivity contribution in [3.05, 3.63) is 65.2 Å². The van der Waals surface area contributed by atoms with Crippen LogP contribution in [0.15, 0.2) is 42.5 Å². The molecule has 0 bridgehead atoms. The summed E-state index contributed by atoms with van der Waals surface area (Å²) in [7, 11) is 0. The number of likely N-dealkylation sites (tertiary alicyclic amines) is 1. The number of carbonyl (C=O) groups excluding carboxylic acids is 2. The second-order valence-electron chi connectivity index (χ2n) is 8.52. The molecule has 2 aromatic carbocycles. The molecule has 7 heteroatoms. The van der Waals surface area contributed by atoms with Crippen LogP contribution in [0.5, 0.6) is 0 Å². The van der Waals surface area contributed by atoms with Crippen LogP contribution in [0.25, 0.3) is 0 Å². The topological polar surface area (TPSA) is 52.7 Å². The molecule has 2 aliphatic heterocycles. The maximum Gasteiger partial charge on any atom is 0.227 e. The van der Waals surface area contributed by atoms with Crippen LogP contribution in [0.1, 0.15) is 30.4 Å². The number of amides is 2. The van der Waals surface area contributed by atoms with Crippen LogP contribution in [0.2, 0.25) is 0 Å². The number of rotatable bonds is 5. The summed E-state index contributed by atoms with van der Waals surface area (Å²) in [6, 6.07) is 11.4. The fourth-order valence-electron chi connectivity index (χ4n) is 4.41. The molecular formula is C24H27F2N3O2. The first-order valence-electron chi connectivity index (χ1n) is 10.7. The summed E-state index contributed by atoms with van der Waals surface area (Å²) in [6.07, 6.45) is 1.77. The van der Waals surface area contributed by atoms with Gasteiger partial charge in [-0.2, -0.15) is 0 Å². The van der Waals surface area contributed by atoms with E-state index < -0.39 is 17.6 Å². The van der Waals surface area contributed by atoms with Gasteiger partial charge < -0.3 is 10.2 Å². The van der Waals surface area contributed by atoms with E-state index in [0.717, 1.165) is 50.7 Å². The van der Waals surface area contributed by atoms with E-state index in [1.165, 1.54) is 16.0 Å². The Kier molecular flexibility index (Phi) is 6.32. The number of nitrogens with zero attached hydrogens (tertiary/aromatic N) is 2. The predicted octanol–water partition coefficient (Wildman–Crippen LogP) is 3.41. The van der Waals surface area contributed by atoms with Crippen LogP contribution >= 0.6 is 0 Å². The third kappa shape index (κ3) is 5.10. The Hall–Kier alpha value is -2.80. The number of anilines is 1. The van der Waals surface area contributed by atoms with Gasteiger partial charge in [0.1, 0.15) is 11.6 Å². The number of piperidine rings is 1. The Morgan fingerprint density at radius 1 is 1.10 bits per heavy atom. The van der Waals surface area contributed by atoms with Gasteiger partial charge in [0.05, 0.1) is 5.92 Å². The smallest absolute Gasteiger partial charge is 0.227 e. The second-order valence-corrected chi connectivity index (χ2v) is 8.52. The minimum Gasteiger partial charge on any atom is -0.353 e. The van der Waals surface area contributed by atoms with E-state index in [2.05, 4.69) is 35.3 Å². The summed E-state index contributed by atoms with van der Waals surface area (Å²) < 4.78 is 27.0. The molecule has 0 saturated carbocycles. The highest BCUT2D eigenvalue weighted by atomic mass is 19.1. The van der Waals surface area contributed by atoms with Gasteiger partial charge in [0.25, 0.3) is 0 Å². The molecule has 0 radical (unpaired) electrons. The van der Waals surface area contributed by atoms with E-state index in [9.17, 15) is 18.4 Å². The maximum absolute atomic E-state index is 13.5. The number of nitrogens with one attached hydrogen (secondary N) is 1. The summed E-state index contributed by atoms with van der Waals surface area (Å²) in [5, 5.41) is 3.08. The van der Waals surface area contributed by atoms with Gasteiger partial charge in [-0.05, 0) is 43.0 Å². The third-order valence-electron chi connectivity index (χ3n) is 6.24. The normalized spacial score (nSPS) is 20.3. The van der Waals surface area contributed by atoms with E-state index in [4.69, 9.17) is 0 Å². The monoisotopic (exact) mass is 427 g/mol. The molecular weight excluding hydrogens is 400 g/mol. The summed E-state index contributed by atoms with van der Waals surface area (Å²) in [5.41, 5.74) is 2.76. The van der Waals surface area contributed by atoms with Gasteiger partial charge in [-0.25, -0.2) is 8.78 Å². The number of benzene rings is 2. The van der Waals surface area contributed by atoms with Gasteiger partial charge in [-0.1, -0.05) is 24.3 Å². The van der Waals surface area contributed by atoms with Crippen molar-refractivity contribution in [2.45, 2.75) is 38.8 Å². The van der Waals surface area contributed by atoms with Crippen molar-refractivity contribution in [3.8, 4) is 0 Å². The summed E-state index contributed by atoms with van der Waals surface area (Å²) in [5.74, 6) is -2.45. The molecule has 1 atom stereocenters. The highest BCUT2D eigenvalue weighted by Crippen LogP contribution is 2.27. The lowest BCUT2D eigenvalue weighted by molar-refractivity contribution is -0.127. The molecule has 2 saturated heterocycles. The molecule has 164 valence electrons. The molecule has 1 unspecified atom stereocenters. The fourth-order valence-corrected chi connectivity index (χ4v) is 4.41. The van der Waals surface area contributed by atoms with Crippen molar-refractivity contribution < 1.29 is 18.4 Å². The number of halogens is 2. The first-order valence-corrected chi connectivity index (χ1v) is 10.7. The number of hydrogen-bond donors (Lipinski definition) is 1. The lowest BCUT2D eigenvalue weighted by Gasteiger charge is -2.33. The molecule has 2 heterocycles. The molecule has 31 heavy (non-hydrogen) atoms. The number of carbonyl (C=O) groups is 2. The largest absolute Gasteiger partial charge is 0.353 e. The third-order valence-corrected chi connectivity index (χ3v) is 6.24. The van der Waals surface area contributed by atoms with Crippen molar-refractivity contribution in [3.63, 3.8) is 0 Å². The van der Waals surface area contributed by atoms with Crippen LogP contribution in [-0.4, -0.2) is 42.4 Å². The van der Waals surface area contributed by atoms with Gasteiger partial charge in [-0.3, -0.25) is 14.5 Å². The van der Waals surface area contributed by atoms with Gasteiger partial charge in [0, 0.05) is 50.4 Å². The lowest BCUT2D eigenvalue weighted by Crippen LogP contribution is -2.46. The zero-order valence-electron chi connectivity index (χ0n) is 17.6. The Morgan fingerprint density at radius 2 is 1.77 bits per heavy atom. The summed E-state index contributed by atoms with van der Waals surface area (Å²) in [6.45, 7) is 4.96. The lowest BCUT2D eigenvalue weighted by atomic mass is 10.0. The van der Waals surface area contributed by atoms with E-state index in [0.29, 0.717) is 0 Å². The predicted molar refractivity (Wildman–Crippen MR) is 114 cm³/mol. The molecule has 1 N–H and O–H groups in total. The van der Waals surface area contributed by atoms with E-state index in [1.807, 2.05) is 6.07 Å². The Morgan fingerprint density at radius 3 is 2.45 bits per heavy atom. The average molecular weight is 427 g/mol. The Balaban J connectivity index is 1.28. The van der Waals surface area contributed by atoms with Crippen molar-refractivity contribution in [1.82, 2.24) is 10.2 Å². The first kappa shape index (κ1) is 21.4. The molecule has 4 rings (SSSR count). The highest BCUT2D eigenvalue weighted by Gasteiger charge is 2.36. The molecule has 2 aromatic rings.